The van der Waals surface area contributed by atoms with E-state index in [0.29, 0.717) is 22.6 Å². The maximum Gasteiger partial charge on any atom is 0.255 e. The van der Waals surface area contributed by atoms with Crippen molar-refractivity contribution in [2.75, 3.05) is 12.1 Å². The van der Waals surface area contributed by atoms with Crippen LogP contribution in [0.3, 0.4) is 0 Å². The van der Waals surface area contributed by atoms with Crippen LogP contribution >= 0.6 is 0 Å². The van der Waals surface area contributed by atoms with Crippen LogP contribution in [-0.2, 0) is 16.6 Å². The molecule has 3 aromatic carbocycles. The molecule has 1 aliphatic heterocycles. The summed E-state index contributed by atoms with van der Waals surface area (Å²) in [5.41, 5.74) is 1.07. The van der Waals surface area contributed by atoms with Crippen LogP contribution in [0.4, 0.5) is 14.5 Å². The molecule has 3 aromatic rings. The van der Waals surface area contributed by atoms with Crippen LogP contribution in [0.5, 0.6) is 11.5 Å². The Morgan fingerprint density at radius 2 is 1.75 bits per heavy atom. The van der Waals surface area contributed by atoms with Gasteiger partial charge in [-0.1, -0.05) is 12.1 Å². The van der Waals surface area contributed by atoms with Gasteiger partial charge in [0.2, 0.25) is 16.8 Å². The molecule has 10 heteroatoms. The van der Waals surface area contributed by atoms with Gasteiger partial charge in [-0.25, -0.2) is 21.9 Å². The van der Waals surface area contributed by atoms with Crippen molar-refractivity contribution in [1.82, 2.24) is 4.72 Å². The van der Waals surface area contributed by atoms with Crippen LogP contribution in [0.25, 0.3) is 0 Å². The first-order chi connectivity index (χ1) is 15.2. The van der Waals surface area contributed by atoms with E-state index in [0.717, 1.165) is 24.3 Å². The standard InChI is InChI=1S/C22H18F2N2O5S/c1-13-2-5-16(10-18(13)24)26-22(27)15-4-6-17(23)21(9-15)32(28,29)25-11-14-3-7-19-20(8-14)31-12-30-19/h2-10,25H,11-12H2,1H3,(H,26,27). The van der Waals surface area contributed by atoms with E-state index in [1.54, 1.807) is 25.1 Å². The van der Waals surface area contributed by atoms with E-state index < -0.39 is 32.5 Å². The normalized spacial score (nSPS) is 12.6. The Bertz CT molecular complexity index is 1310. The molecule has 2 N–H and O–H groups in total. The van der Waals surface area contributed by atoms with Crippen molar-refractivity contribution in [3.05, 3.63) is 82.9 Å². The number of sulfonamides is 1. The summed E-state index contributed by atoms with van der Waals surface area (Å²) in [5.74, 6) is -1.19. The number of benzene rings is 3. The monoisotopic (exact) mass is 460 g/mol. The first kappa shape index (κ1) is 21.7. The molecule has 1 heterocycles. The SMILES string of the molecule is Cc1ccc(NC(=O)c2ccc(F)c(S(=O)(=O)NCc3ccc4c(c3)OCO4)c2)cc1F. The van der Waals surface area contributed by atoms with Gasteiger partial charge in [-0.15, -0.1) is 0 Å². The van der Waals surface area contributed by atoms with Crippen LogP contribution in [0.2, 0.25) is 0 Å². The lowest BCUT2D eigenvalue weighted by molar-refractivity contribution is 0.102. The maximum absolute atomic E-state index is 14.3. The zero-order valence-corrected chi connectivity index (χ0v) is 17.6. The third-order valence-electron chi connectivity index (χ3n) is 4.82. The van der Waals surface area contributed by atoms with Crippen LogP contribution in [0.1, 0.15) is 21.5 Å². The minimum absolute atomic E-state index is 0.0831. The number of halogens is 2. The van der Waals surface area contributed by atoms with Crippen LogP contribution in [-0.4, -0.2) is 21.1 Å². The first-order valence-electron chi connectivity index (χ1n) is 9.48. The number of hydrogen-bond acceptors (Lipinski definition) is 5. The van der Waals surface area contributed by atoms with Crippen molar-refractivity contribution in [3.8, 4) is 11.5 Å². The fourth-order valence-corrected chi connectivity index (χ4v) is 4.15. The quantitative estimate of drug-likeness (QED) is 0.585. The number of fused-ring (bicyclic) bond motifs is 1. The Morgan fingerprint density at radius 3 is 2.53 bits per heavy atom. The molecule has 0 unspecified atom stereocenters. The Balaban J connectivity index is 1.51. The molecule has 0 fully saturated rings. The first-order valence-corrected chi connectivity index (χ1v) is 11.0. The van der Waals surface area contributed by atoms with Gasteiger partial charge in [0.25, 0.3) is 5.91 Å². The summed E-state index contributed by atoms with van der Waals surface area (Å²) in [6.07, 6.45) is 0. The van der Waals surface area contributed by atoms with Gasteiger partial charge >= 0.3 is 0 Å². The fraction of sp³-hybridized carbons (Fsp3) is 0.136. The number of carbonyl (C=O) groups excluding carboxylic acids is 1. The molecule has 0 radical (unpaired) electrons. The molecular weight excluding hydrogens is 442 g/mol. The molecule has 0 bridgehead atoms. The minimum atomic E-state index is -4.28. The predicted molar refractivity (Wildman–Crippen MR) is 112 cm³/mol. The molecule has 0 aliphatic carbocycles. The van der Waals surface area contributed by atoms with Crippen molar-refractivity contribution in [1.29, 1.82) is 0 Å². The highest BCUT2D eigenvalue weighted by atomic mass is 32.2. The average molecular weight is 460 g/mol. The highest BCUT2D eigenvalue weighted by Gasteiger charge is 2.22. The molecule has 4 rings (SSSR count). The van der Waals surface area contributed by atoms with E-state index >= 15 is 0 Å². The van der Waals surface area contributed by atoms with Gasteiger partial charge in [0, 0.05) is 17.8 Å². The van der Waals surface area contributed by atoms with E-state index in [-0.39, 0.29) is 24.6 Å². The average Bonchev–Trinajstić information content (AvgIpc) is 3.23. The second-order valence-corrected chi connectivity index (χ2v) is 8.81. The summed E-state index contributed by atoms with van der Waals surface area (Å²) in [6.45, 7) is 1.53. The summed E-state index contributed by atoms with van der Waals surface area (Å²) in [7, 11) is -4.28. The third-order valence-corrected chi connectivity index (χ3v) is 6.23. The van der Waals surface area contributed by atoms with Gasteiger partial charge in [0.05, 0.1) is 0 Å². The number of ether oxygens (including phenoxy) is 2. The van der Waals surface area contributed by atoms with Crippen LogP contribution in [0, 0.1) is 18.6 Å². The van der Waals surface area contributed by atoms with Crippen LogP contribution in [0.15, 0.2) is 59.5 Å². The largest absolute Gasteiger partial charge is 0.454 e. The summed E-state index contributed by atoms with van der Waals surface area (Å²) < 4.78 is 66.2. The van der Waals surface area contributed by atoms with Crippen molar-refractivity contribution >= 4 is 21.6 Å². The molecule has 0 atom stereocenters. The smallest absolute Gasteiger partial charge is 0.255 e. The molecule has 0 saturated heterocycles. The molecule has 32 heavy (non-hydrogen) atoms. The summed E-state index contributed by atoms with van der Waals surface area (Å²) in [6, 6.07) is 12.0. The minimum Gasteiger partial charge on any atom is -0.454 e. The fourth-order valence-electron chi connectivity index (χ4n) is 3.03. The van der Waals surface area contributed by atoms with Crippen molar-refractivity contribution in [2.45, 2.75) is 18.4 Å². The zero-order valence-electron chi connectivity index (χ0n) is 16.8. The molecule has 0 saturated carbocycles. The van der Waals surface area contributed by atoms with E-state index in [1.807, 2.05) is 0 Å². The lowest BCUT2D eigenvalue weighted by Gasteiger charge is -2.11. The summed E-state index contributed by atoms with van der Waals surface area (Å²) in [5, 5.41) is 2.46. The molecule has 0 aromatic heterocycles. The second kappa shape index (κ2) is 8.56. The van der Waals surface area contributed by atoms with Gasteiger partial charge in [-0.2, -0.15) is 0 Å². The van der Waals surface area contributed by atoms with E-state index in [1.165, 1.54) is 12.1 Å². The van der Waals surface area contributed by atoms with Crippen LogP contribution < -0.4 is 19.5 Å². The summed E-state index contributed by atoms with van der Waals surface area (Å²) >= 11 is 0. The Morgan fingerprint density at radius 1 is 0.969 bits per heavy atom. The zero-order chi connectivity index (χ0) is 22.9. The van der Waals surface area contributed by atoms with E-state index in [9.17, 15) is 22.0 Å². The predicted octanol–water partition coefficient (Wildman–Crippen LogP) is 3.73. The number of aryl methyl sites for hydroxylation is 1. The number of nitrogens with one attached hydrogen (secondary N) is 2. The lowest BCUT2D eigenvalue weighted by Crippen LogP contribution is -2.25. The van der Waals surface area contributed by atoms with Gasteiger partial charge in [-0.3, -0.25) is 4.79 Å². The highest BCUT2D eigenvalue weighted by molar-refractivity contribution is 7.89. The molecule has 1 amide bonds. The Kier molecular flexibility index (Phi) is 5.81. The molecule has 166 valence electrons. The lowest BCUT2D eigenvalue weighted by atomic mass is 10.2. The van der Waals surface area contributed by atoms with Crippen molar-refractivity contribution < 1.29 is 31.5 Å². The molecule has 0 spiro atoms. The number of rotatable bonds is 6. The van der Waals surface area contributed by atoms with Gasteiger partial charge in [0.15, 0.2) is 11.5 Å². The van der Waals surface area contributed by atoms with E-state index in [2.05, 4.69) is 10.0 Å². The molecule has 7 nitrogen and oxygen atoms in total. The number of carbonyl (C=O) groups is 1. The number of hydrogen-bond donors (Lipinski definition) is 2. The second-order valence-electron chi connectivity index (χ2n) is 7.08. The molecule has 1 aliphatic rings. The third kappa shape index (κ3) is 4.56. The highest BCUT2D eigenvalue weighted by Crippen LogP contribution is 2.32. The Hall–Kier alpha value is -3.50. The van der Waals surface area contributed by atoms with Crippen molar-refractivity contribution in [3.63, 3.8) is 0 Å². The Labute approximate surface area is 183 Å². The molecular formula is C22H18F2N2O5S. The number of amides is 1. The topological polar surface area (TPSA) is 93.7 Å². The van der Waals surface area contributed by atoms with Gasteiger partial charge in [-0.05, 0) is 60.5 Å². The summed E-state index contributed by atoms with van der Waals surface area (Å²) in [4.78, 5) is 11.8. The maximum atomic E-state index is 14.3. The number of anilines is 1. The van der Waals surface area contributed by atoms with E-state index in [4.69, 9.17) is 9.47 Å². The van der Waals surface area contributed by atoms with Gasteiger partial charge in [0.1, 0.15) is 16.5 Å². The van der Waals surface area contributed by atoms with Gasteiger partial charge < -0.3 is 14.8 Å². The van der Waals surface area contributed by atoms with Crippen molar-refractivity contribution in [2.24, 2.45) is 0 Å².